The summed E-state index contributed by atoms with van der Waals surface area (Å²) < 4.78 is 5.72. The number of carboxylic acid groups (broad SMARTS) is 2. The van der Waals surface area contributed by atoms with Crippen LogP contribution in [-0.2, 0) is 9.59 Å². The highest BCUT2D eigenvalue weighted by Gasteiger charge is 2.10. The molecule has 1 aromatic heterocycles. The van der Waals surface area contributed by atoms with Gasteiger partial charge in [-0.1, -0.05) is 48.5 Å². The minimum absolute atomic E-state index is 0.430. The fourth-order valence-corrected chi connectivity index (χ4v) is 2.40. The van der Waals surface area contributed by atoms with E-state index in [-0.39, 0.29) is 0 Å². The Morgan fingerprint density at radius 1 is 0.933 bits per heavy atom. The number of para-hydroxylation sites is 1. The summed E-state index contributed by atoms with van der Waals surface area (Å²) in [5.74, 6) is -2.51. The fraction of sp³-hybridized carbons (Fsp3) is 0.182. The van der Waals surface area contributed by atoms with Crippen LogP contribution in [0.2, 0.25) is 0 Å². The monoisotopic (exact) mass is 409 g/mol. The highest BCUT2D eigenvalue weighted by molar-refractivity contribution is 5.92. The van der Waals surface area contributed by atoms with Crippen LogP contribution in [0, 0.1) is 0 Å². The Labute approximate surface area is 174 Å². The lowest BCUT2D eigenvalue weighted by Gasteiger charge is -2.12. The molecule has 3 aromatic rings. The average molecular weight is 409 g/mol. The summed E-state index contributed by atoms with van der Waals surface area (Å²) in [5.41, 5.74) is 2.88. The fourth-order valence-electron chi connectivity index (χ4n) is 2.40. The number of nitrogens with zero attached hydrogens (tertiary/aromatic N) is 3. The van der Waals surface area contributed by atoms with Crippen molar-refractivity contribution in [3.05, 3.63) is 66.7 Å². The van der Waals surface area contributed by atoms with Crippen LogP contribution >= 0.6 is 0 Å². The maximum Gasteiger partial charge on any atom is 0.328 e. The number of aliphatic carboxylic acids is 2. The molecule has 0 radical (unpaired) electrons. The Morgan fingerprint density at radius 2 is 1.53 bits per heavy atom. The largest absolute Gasteiger partial charge is 0.478 e. The number of likely N-dealkylation sites (N-methyl/N-ethyl adjacent to an activating group) is 1. The van der Waals surface area contributed by atoms with E-state index in [0.717, 1.165) is 28.7 Å². The maximum absolute atomic E-state index is 9.55. The van der Waals surface area contributed by atoms with E-state index in [1.165, 1.54) is 0 Å². The molecule has 0 amide bonds. The normalized spacial score (nSPS) is 10.6. The molecule has 0 spiro atoms. The minimum Gasteiger partial charge on any atom is -0.478 e. The van der Waals surface area contributed by atoms with Crippen molar-refractivity contribution < 1.29 is 24.5 Å². The van der Waals surface area contributed by atoms with Crippen molar-refractivity contribution in [1.29, 1.82) is 0 Å². The van der Waals surface area contributed by atoms with E-state index in [1.807, 2.05) is 56.6 Å². The first-order chi connectivity index (χ1) is 14.4. The Kier molecular flexibility index (Phi) is 8.46. The first-order valence-corrected chi connectivity index (χ1v) is 9.10. The van der Waals surface area contributed by atoms with E-state index in [4.69, 9.17) is 14.9 Å². The highest BCUT2D eigenvalue weighted by atomic mass is 16.5. The molecule has 0 aliphatic rings. The Bertz CT molecular complexity index is 1000. The molecule has 0 atom stereocenters. The van der Waals surface area contributed by atoms with Gasteiger partial charge in [-0.3, -0.25) is 0 Å². The molecule has 0 aliphatic heterocycles. The number of hydrogen-bond acceptors (Lipinski definition) is 6. The van der Waals surface area contributed by atoms with Crippen LogP contribution in [0.1, 0.15) is 0 Å². The van der Waals surface area contributed by atoms with Gasteiger partial charge in [0, 0.05) is 29.6 Å². The zero-order chi connectivity index (χ0) is 21.9. The number of fused-ring (bicyclic) bond motifs is 1. The van der Waals surface area contributed by atoms with Crippen LogP contribution in [-0.4, -0.2) is 64.3 Å². The van der Waals surface area contributed by atoms with E-state index in [2.05, 4.69) is 27.0 Å². The van der Waals surface area contributed by atoms with Gasteiger partial charge >= 0.3 is 17.9 Å². The van der Waals surface area contributed by atoms with Crippen LogP contribution in [0.4, 0.5) is 0 Å². The molecule has 0 saturated carbocycles. The van der Waals surface area contributed by atoms with Crippen molar-refractivity contribution >= 4 is 22.8 Å². The predicted octanol–water partition coefficient (Wildman–Crippen LogP) is 2.95. The number of rotatable bonds is 7. The smallest absolute Gasteiger partial charge is 0.328 e. The molecule has 0 aliphatic carbocycles. The number of carboxylic acids is 2. The van der Waals surface area contributed by atoms with Crippen molar-refractivity contribution in [3.63, 3.8) is 0 Å². The van der Waals surface area contributed by atoms with E-state index in [9.17, 15) is 9.59 Å². The third kappa shape index (κ3) is 7.33. The van der Waals surface area contributed by atoms with Crippen LogP contribution in [0.5, 0.6) is 6.01 Å². The number of ether oxygens (including phenoxy) is 1. The zero-order valence-corrected chi connectivity index (χ0v) is 16.7. The summed E-state index contributed by atoms with van der Waals surface area (Å²) in [4.78, 5) is 30.3. The van der Waals surface area contributed by atoms with Crippen LogP contribution in [0.25, 0.3) is 22.2 Å². The second-order valence-corrected chi connectivity index (χ2v) is 6.40. The van der Waals surface area contributed by atoms with Crippen LogP contribution in [0.3, 0.4) is 0 Å². The molecule has 2 N–H and O–H groups in total. The molecule has 30 heavy (non-hydrogen) atoms. The van der Waals surface area contributed by atoms with E-state index >= 15 is 0 Å². The molecule has 156 valence electrons. The minimum atomic E-state index is -1.26. The van der Waals surface area contributed by atoms with Crippen molar-refractivity contribution in [3.8, 4) is 17.3 Å². The molecule has 0 saturated heterocycles. The Hall–Kier alpha value is -3.78. The standard InChI is InChI=1S/C18H19N3O.C4H4O4/c1-21(2)12-13-22-18-19-16-11-7-6-10-15(16)17(20-18)14-8-4-3-5-9-14;5-3(6)1-2-4(7)8/h3-11H,12-13H2,1-2H3;1-2H,(H,5,6)(H,7,8). The van der Waals surface area contributed by atoms with Gasteiger partial charge in [-0.15, -0.1) is 0 Å². The summed E-state index contributed by atoms with van der Waals surface area (Å²) in [6.07, 6.45) is 1.12. The average Bonchev–Trinajstić information content (AvgIpc) is 2.72. The molecule has 8 nitrogen and oxygen atoms in total. The highest BCUT2D eigenvalue weighted by Crippen LogP contribution is 2.27. The maximum atomic E-state index is 9.55. The number of aromatic nitrogens is 2. The summed E-state index contributed by atoms with van der Waals surface area (Å²) in [7, 11) is 4.03. The number of hydrogen-bond donors (Lipinski definition) is 2. The van der Waals surface area contributed by atoms with Crippen LogP contribution < -0.4 is 4.74 Å². The third-order valence-electron chi connectivity index (χ3n) is 3.77. The number of benzene rings is 2. The molecule has 3 rings (SSSR count). The second kappa shape index (κ2) is 11.3. The zero-order valence-electron chi connectivity index (χ0n) is 16.7. The van der Waals surface area contributed by atoms with Crippen molar-refractivity contribution in [2.75, 3.05) is 27.2 Å². The predicted molar refractivity (Wildman–Crippen MR) is 113 cm³/mol. The van der Waals surface area contributed by atoms with Crippen molar-refractivity contribution in [2.45, 2.75) is 0 Å². The van der Waals surface area contributed by atoms with Crippen LogP contribution in [0.15, 0.2) is 66.7 Å². The third-order valence-corrected chi connectivity index (χ3v) is 3.77. The van der Waals surface area contributed by atoms with E-state index in [0.29, 0.717) is 24.8 Å². The molecular weight excluding hydrogens is 386 g/mol. The SMILES string of the molecule is CN(C)CCOc1nc(-c2ccccc2)c2ccccc2n1.O=C(O)C=CC(=O)O. The molecular formula is C22H23N3O5. The first-order valence-electron chi connectivity index (χ1n) is 9.10. The van der Waals surface area contributed by atoms with Crippen molar-refractivity contribution in [1.82, 2.24) is 14.9 Å². The van der Waals surface area contributed by atoms with Gasteiger partial charge in [0.2, 0.25) is 0 Å². The van der Waals surface area contributed by atoms with Gasteiger partial charge < -0.3 is 19.8 Å². The van der Waals surface area contributed by atoms with Gasteiger partial charge in [0.15, 0.2) is 0 Å². The molecule has 8 heteroatoms. The second-order valence-electron chi connectivity index (χ2n) is 6.40. The lowest BCUT2D eigenvalue weighted by Crippen LogP contribution is -2.20. The lowest BCUT2D eigenvalue weighted by atomic mass is 10.1. The van der Waals surface area contributed by atoms with Crippen molar-refractivity contribution in [2.24, 2.45) is 0 Å². The molecule has 2 aromatic carbocycles. The summed E-state index contributed by atoms with van der Waals surface area (Å²) >= 11 is 0. The first kappa shape index (κ1) is 22.5. The van der Waals surface area contributed by atoms with Gasteiger partial charge in [-0.25, -0.2) is 9.59 Å². The topological polar surface area (TPSA) is 113 Å². The summed E-state index contributed by atoms with van der Waals surface area (Å²) in [6.45, 7) is 1.40. The Morgan fingerprint density at radius 3 is 2.13 bits per heavy atom. The van der Waals surface area contributed by atoms with Gasteiger partial charge in [0.1, 0.15) is 6.61 Å². The summed E-state index contributed by atoms with van der Waals surface area (Å²) in [6, 6.07) is 18.6. The van der Waals surface area contributed by atoms with Gasteiger partial charge in [0.05, 0.1) is 11.2 Å². The molecule has 0 fully saturated rings. The quantitative estimate of drug-likeness (QED) is 0.573. The lowest BCUT2D eigenvalue weighted by molar-refractivity contribution is -0.134. The van der Waals surface area contributed by atoms with Gasteiger partial charge in [-0.05, 0) is 20.2 Å². The van der Waals surface area contributed by atoms with Gasteiger partial charge in [0.25, 0.3) is 0 Å². The number of carbonyl (C=O) groups is 2. The van der Waals surface area contributed by atoms with E-state index in [1.54, 1.807) is 0 Å². The van der Waals surface area contributed by atoms with Gasteiger partial charge in [-0.2, -0.15) is 9.97 Å². The molecule has 0 unspecified atom stereocenters. The molecule has 1 heterocycles. The van der Waals surface area contributed by atoms with E-state index < -0.39 is 11.9 Å². The summed E-state index contributed by atoms with van der Waals surface area (Å²) in [5, 5.41) is 16.7. The Balaban J connectivity index is 0.000000343. The molecule has 0 bridgehead atoms.